The first kappa shape index (κ1) is 13.5. The molecule has 0 saturated carbocycles. The highest BCUT2D eigenvalue weighted by molar-refractivity contribution is 5.76. The average Bonchev–Trinajstić information content (AvgIpc) is 2.30. The molecule has 1 unspecified atom stereocenters. The van der Waals surface area contributed by atoms with E-state index in [1.54, 1.807) is 0 Å². The third-order valence-corrected chi connectivity index (χ3v) is 3.36. The first-order chi connectivity index (χ1) is 7.65. The Balaban J connectivity index is 2.27. The van der Waals surface area contributed by atoms with E-state index >= 15 is 0 Å². The maximum Gasteiger partial charge on any atom is 0.222 e. The Morgan fingerprint density at radius 3 is 2.50 bits per heavy atom. The minimum Gasteiger partial charge on any atom is -0.340 e. The summed E-state index contributed by atoms with van der Waals surface area (Å²) in [5.74, 6) is 0.321. The van der Waals surface area contributed by atoms with Crippen LogP contribution < -0.4 is 5.32 Å². The van der Waals surface area contributed by atoms with Gasteiger partial charge >= 0.3 is 0 Å². The van der Waals surface area contributed by atoms with Crippen molar-refractivity contribution in [3.05, 3.63) is 0 Å². The summed E-state index contributed by atoms with van der Waals surface area (Å²) in [4.78, 5) is 16.1. The lowest BCUT2D eigenvalue weighted by Gasteiger charge is -2.29. The Morgan fingerprint density at radius 2 is 2.00 bits per heavy atom. The first-order valence-corrected chi connectivity index (χ1v) is 6.30. The number of piperazine rings is 1. The number of amides is 1. The number of carbonyl (C=O) groups excluding carboxylic acids is 1. The zero-order valence-corrected chi connectivity index (χ0v) is 10.8. The molecule has 1 aliphatic rings. The molecule has 1 amide bonds. The number of hydrogen-bond donors (Lipinski definition) is 1. The van der Waals surface area contributed by atoms with Crippen molar-refractivity contribution in [2.75, 3.05) is 40.3 Å². The van der Waals surface area contributed by atoms with E-state index in [2.05, 4.69) is 31.2 Å². The molecule has 0 aromatic rings. The SMILES string of the molecule is CCC(CCC(=O)N1CCNCC1)N(C)C. The number of nitrogens with zero attached hydrogens (tertiary/aromatic N) is 2. The van der Waals surface area contributed by atoms with Gasteiger partial charge in [0.05, 0.1) is 0 Å². The fraction of sp³-hybridized carbons (Fsp3) is 0.917. The second kappa shape index (κ2) is 6.86. The molecule has 94 valence electrons. The minimum absolute atomic E-state index is 0.321. The summed E-state index contributed by atoms with van der Waals surface area (Å²) in [7, 11) is 4.17. The van der Waals surface area contributed by atoms with Gasteiger partial charge < -0.3 is 15.1 Å². The molecule has 0 bridgehead atoms. The molecule has 0 aromatic carbocycles. The van der Waals surface area contributed by atoms with E-state index in [-0.39, 0.29) is 0 Å². The second-order valence-electron chi connectivity index (χ2n) is 4.70. The predicted molar refractivity (Wildman–Crippen MR) is 66.4 cm³/mol. The normalized spacial score (nSPS) is 18.9. The third kappa shape index (κ3) is 4.10. The lowest BCUT2D eigenvalue weighted by molar-refractivity contribution is -0.132. The van der Waals surface area contributed by atoms with Gasteiger partial charge in [0.1, 0.15) is 0 Å². The molecule has 1 rings (SSSR count). The molecule has 1 aliphatic heterocycles. The molecule has 0 spiro atoms. The minimum atomic E-state index is 0.321. The standard InChI is InChI=1S/C12H25N3O/c1-4-11(14(2)3)5-6-12(16)15-9-7-13-8-10-15/h11,13H,4-10H2,1-3H3. The van der Waals surface area contributed by atoms with Crippen LogP contribution in [-0.4, -0.2) is 62.0 Å². The number of hydrogen-bond acceptors (Lipinski definition) is 3. The summed E-state index contributed by atoms with van der Waals surface area (Å²) in [6, 6.07) is 0.534. The Hall–Kier alpha value is -0.610. The molecule has 0 aliphatic carbocycles. The van der Waals surface area contributed by atoms with E-state index in [1.165, 1.54) is 0 Å². The van der Waals surface area contributed by atoms with Crippen LogP contribution in [0.2, 0.25) is 0 Å². The van der Waals surface area contributed by atoms with Crippen LogP contribution >= 0.6 is 0 Å². The van der Waals surface area contributed by atoms with Crippen LogP contribution in [0.25, 0.3) is 0 Å². The van der Waals surface area contributed by atoms with Crippen LogP contribution in [0.3, 0.4) is 0 Å². The zero-order chi connectivity index (χ0) is 12.0. The summed E-state index contributed by atoms with van der Waals surface area (Å²) in [5, 5.41) is 3.26. The quantitative estimate of drug-likeness (QED) is 0.744. The lowest BCUT2D eigenvalue weighted by Crippen LogP contribution is -2.46. The van der Waals surface area contributed by atoms with Gasteiger partial charge in [-0.15, -0.1) is 0 Å². The summed E-state index contributed by atoms with van der Waals surface area (Å²) in [6.45, 7) is 5.81. The predicted octanol–water partition coefficient (Wildman–Crippen LogP) is 0.539. The largest absolute Gasteiger partial charge is 0.340 e. The van der Waals surface area contributed by atoms with Crippen molar-refractivity contribution in [1.82, 2.24) is 15.1 Å². The van der Waals surface area contributed by atoms with Crippen molar-refractivity contribution in [3.63, 3.8) is 0 Å². The maximum absolute atomic E-state index is 11.9. The van der Waals surface area contributed by atoms with Crippen LogP contribution in [0.15, 0.2) is 0 Å². The van der Waals surface area contributed by atoms with Gasteiger partial charge in [0.15, 0.2) is 0 Å². The van der Waals surface area contributed by atoms with Crippen molar-refractivity contribution in [2.24, 2.45) is 0 Å². The molecular formula is C12H25N3O. The topological polar surface area (TPSA) is 35.6 Å². The van der Waals surface area contributed by atoms with Gasteiger partial charge in [0.2, 0.25) is 5.91 Å². The first-order valence-electron chi connectivity index (χ1n) is 6.30. The molecule has 1 fully saturated rings. The molecule has 1 N–H and O–H groups in total. The van der Waals surface area contributed by atoms with Crippen molar-refractivity contribution in [3.8, 4) is 0 Å². The summed E-state index contributed by atoms with van der Waals surface area (Å²) >= 11 is 0. The molecule has 1 saturated heterocycles. The second-order valence-corrected chi connectivity index (χ2v) is 4.70. The van der Waals surface area contributed by atoms with E-state index < -0.39 is 0 Å². The van der Waals surface area contributed by atoms with Gasteiger partial charge in [-0.25, -0.2) is 0 Å². The third-order valence-electron chi connectivity index (χ3n) is 3.36. The van der Waals surface area contributed by atoms with Crippen LogP contribution in [0.4, 0.5) is 0 Å². The Bertz CT molecular complexity index is 212. The summed E-state index contributed by atoms with van der Waals surface area (Å²) < 4.78 is 0. The molecule has 0 radical (unpaired) electrons. The van der Waals surface area contributed by atoms with Crippen molar-refractivity contribution >= 4 is 5.91 Å². The molecule has 0 aromatic heterocycles. The van der Waals surface area contributed by atoms with Gasteiger partial charge in [0.25, 0.3) is 0 Å². The summed E-state index contributed by atoms with van der Waals surface area (Å²) in [5.41, 5.74) is 0. The fourth-order valence-electron chi connectivity index (χ4n) is 2.19. The number of carbonyl (C=O) groups is 1. The van der Waals surface area contributed by atoms with Gasteiger partial charge in [-0.1, -0.05) is 6.92 Å². The smallest absolute Gasteiger partial charge is 0.222 e. The van der Waals surface area contributed by atoms with Crippen LogP contribution in [-0.2, 0) is 4.79 Å². The van der Waals surface area contributed by atoms with Crippen LogP contribution in [0.5, 0.6) is 0 Å². The zero-order valence-electron chi connectivity index (χ0n) is 10.8. The number of rotatable bonds is 5. The molecule has 1 atom stereocenters. The lowest BCUT2D eigenvalue weighted by atomic mass is 10.1. The summed E-state index contributed by atoms with van der Waals surface area (Å²) in [6.07, 6.45) is 2.78. The van der Waals surface area contributed by atoms with E-state index in [0.717, 1.165) is 39.0 Å². The molecule has 4 heteroatoms. The Labute approximate surface area is 99.0 Å². The van der Waals surface area contributed by atoms with E-state index in [0.29, 0.717) is 18.4 Å². The highest BCUT2D eigenvalue weighted by Gasteiger charge is 2.17. The van der Waals surface area contributed by atoms with Crippen LogP contribution in [0, 0.1) is 0 Å². The van der Waals surface area contributed by atoms with Gasteiger partial charge in [-0.2, -0.15) is 0 Å². The van der Waals surface area contributed by atoms with E-state index in [4.69, 9.17) is 0 Å². The van der Waals surface area contributed by atoms with Gasteiger partial charge in [-0.3, -0.25) is 4.79 Å². The van der Waals surface area contributed by atoms with E-state index in [1.807, 2.05) is 4.90 Å². The average molecular weight is 227 g/mol. The van der Waals surface area contributed by atoms with Crippen molar-refractivity contribution in [2.45, 2.75) is 32.2 Å². The molecule has 1 heterocycles. The van der Waals surface area contributed by atoms with Crippen molar-refractivity contribution in [1.29, 1.82) is 0 Å². The molecule has 16 heavy (non-hydrogen) atoms. The Morgan fingerprint density at radius 1 is 1.38 bits per heavy atom. The maximum atomic E-state index is 11.9. The highest BCUT2D eigenvalue weighted by atomic mass is 16.2. The van der Waals surface area contributed by atoms with E-state index in [9.17, 15) is 4.79 Å². The molecule has 4 nitrogen and oxygen atoms in total. The van der Waals surface area contributed by atoms with Crippen LogP contribution in [0.1, 0.15) is 26.2 Å². The number of nitrogens with one attached hydrogen (secondary N) is 1. The van der Waals surface area contributed by atoms with Gasteiger partial charge in [-0.05, 0) is 26.9 Å². The monoisotopic (exact) mass is 227 g/mol. The fourth-order valence-corrected chi connectivity index (χ4v) is 2.19. The Kier molecular flexibility index (Phi) is 5.77. The van der Waals surface area contributed by atoms with Gasteiger partial charge in [0, 0.05) is 38.6 Å². The highest BCUT2D eigenvalue weighted by Crippen LogP contribution is 2.09. The molecular weight excluding hydrogens is 202 g/mol. The van der Waals surface area contributed by atoms with Crippen molar-refractivity contribution < 1.29 is 4.79 Å².